The van der Waals surface area contributed by atoms with Gasteiger partial charge in [0.05, 0.1) is 19.1 Å². The van der Waals surface area contributed by atoms with E-state index in [1.54, 1.807) is 32.9 Å². The average Bonchev–Trinajstić information content (AvgIpc) is 2.63. The van der Waals surface area contributed by atoms with E-state index in [0.29, 0.717) is 34.3 Å². The van der Waals surface area contributed by atoms with Crippen molar-refractivity contribution in [3.8, 4) is 5.75 Å². The molecule has 7 nitrogen and oxygen atoms in total. The fourth-order valence-electron chi connectivity index (χ4n) is 3.06. The summed E-state index contributed by atoms with van der Waals surface area (Å²) >= 11 is 0. The van der Waals surface area contributed by atoms with Gasteiger partial charge in [0.15, 0.2) is 0 Å². The maximum Gasteiger partial charge on any atom is 0.340 e. The van der Waals surface area contributed by atoms with Crippen LogP contribution in [0.3, 0.4) is 0 Å². The summed E-state index contributed by atoms with van der Waals surface area (Å²) in [5, 5.41) is 12.5. The van der Waals surface area contributed by atoms with E-state index in [1.165, 1.54) is 7.11 Å². The van der Waals surface area contributed by atoms with E-state index in [0.717, 1.165) is 0 Å². The predicted octanol–water partition coefficient (Wildman–Crippen LogP) is 2.58. The minimum absolute atomic E-state index is 0.220. The monoisotopic (exact) mass is 375 g/mol. The second-order valence-electron chi connectivity index (χ2n) is 6.71. The summed E-state index contributed by atoms with van der Waals surface area (Å²) in [6.07, 6.45) is 0.366. The first-order valence-electron chi connectivity index (χ1n) is 8.83. The number of carboxylic acids is 1. The van der Waals surface area contributed by atoms with Crippen molar-refractivity contribution in [2.75, 3.05) is 7.11 Å². The topological polar surface area (TPSA) is 106 Å². The Hall–Kier alpha value is -2.83. The van der Waals surface area contributed by atoms with Gasteiger partial charge in [-0.1, -0.05) is 20.3 Å². The second kappa shape index (κ2) is 8.24. The lowest BCUT2D eigenvalue weighted by Gasteiger charge is -2.20. The van der Waals surface area contributed by atoms with Crippen LogP contribution >= 0.6 is 0 Å². The van der Waals surface area contributed by atoms with Crippen molar-refractivity contribution >= 4 is 22.8 Å². The van der Waals surface area contributed by atoms with Crippen LogP contribution < -0.4 is 15.7 Å². The number of aryl methyl sites for hydroxylation is 2. The Labute approximate surface area is 157 Å². The first-order chi connectivity index (χ1) is 12.7. The molecule has 0 radical (unpaired) electrons. The summed E-state index contributed by atoms with van der Waals surface area (Å²) in [5.41, 5.74) is 1.37. The van der Waals surface area contributed by atoms with Crippen molar-refractivity contribution < 1.29 is 23.8 Å². The zero-order valence-corrected chi connectivity index (χ0v) is 16.2. The number of benzene rings is 1. The number of hydrogen-bond acceptors (Lipinski definition) is 5. The molecular weight excluding hydrogens is 350 g/mol. The van der Waals surface area contributed by atoms with Crippen LogP contribution in [0.2, 0.25) is 0 Å². The first kappa shape index (κ1) is 20.5. The zero-order chi connectivity index (χ0) is 20.3. The van der Waals surface area contributed by atoms with E-state index in [1.807, 2.05) is 6.92 Å². The Kier molecular flexibility index (Phi) is 6.25. The van der Waals surface area contributed by atoms with Crippen molar-refractivity contribution in [3.63, 3.8) is 0 Å². The lowest BCUT2D eigenvalue weighted by atomic mass is 9.98. The van der Waals surface area contributed by atoms with Crippen LogP contribution in [-0.4, -0.2) is 30.1 Å². The van der Waals surface area contributed by atoms with Gasteiger partial charge in [-0.05, 0) is 37.5 Å². The molecular formula is C20H25NO6. The van der Waals surface area contributed by atoms with Crippen molar-refractivity contribution in [2.24, 2.45) is 5.92 Å². The van der Waals surface area contributed by atoms with E-state index in [4.69, 9.17) is 9.15 Å². The van der Waals surface area contributed by atoms with Gasteiger partial charge >= 0.3 is 11.6 Å². The third-order valence-corrected chi connectivity index (χ3v) is 5.01. The van der Waals surface area contributed by atoms with Crippen LogP contribution in [0.4, 0.5) is 0 Å². The largest absolute Gasteiger partial charge is 0.496 e. The molecule has 0 spiro atoms. The zero-order valence-electron chi connectivity index (χ0n) is 16.2. The van der Waals surface area contributed by atoms with Crippen molar-refractivity contribution in [1.82, 2.24) is 5.32 Å². The normalized spacial score (nSPS) is 13.2. The Bertz CT molecular complexity index is 930. The highest BCUT2D eigenvalue weighted by Crippen LogP contribution is 2.29. The maximum absolute atomic E-state index is 12.4. The summed E-state index contributed by atoms with van der Waals surface area (Å²) < 4.78 is 10.7. The molecule has 1 aromatic carbocycles. The molecule has 146 valence electrons. The molecule has 0 aliphatic heterocycles. The van der Waals surface area contributed by atoms with E-state index in [2.05, 4.69) is 5.32 Å². The van der Waals surface area contributed by atoms with Gasteiger partial charge in [0.2, 0.25) is 5.91 Å². The number of carbonyl (C=O) groups excluding carboxylic acids is 1. The van der Waals surface area contributed by atoms with Crippen LogP contribution in [0.15, 0.2) is 21.3 Å². The van der Waals surface area contributed by atoms with Gasteiger partial charge in [-0.3, -0.25) is 4.79 Å². The number of carbonyl (C=O) groups is 2. The summed E-state index contributed by atoms with van der Waals surface area (Å²) in [7, 11) is 1.54. The molecule has 2 N–H and O–H groups in total. The van der Waals surface area contributed by atoms with Gasteiger partial charge in [0.25, 0.3) is 0 Å². The van der Waals surface area contributed by atoms with Crippen LogP contribution in [0.25, 0.3) is 11.0 Å². The van der Waals surface area contributed by atoms with Gasteiger partial charge in [-0.15, -0.1) is 0 Å². The van der Waals surface area contributed by atoms with Gasteiger partial charge in [-0.2, -0.15) is 0 Å². The number of aliphatic carboxylic acids is 1. The lowest BCUT2D eigenvalue weighted by Crippen LogP contribution is -2.45. The van der Waals surface area contributed by atoms with Gasteiger partial charge < -0.3 is 19.6 Å². The van der Waals surface area contributed by atoms with Crippen molar-refractivity contribution in [3.05, 3.63) is 39.2 Å². The molecule has 27 heavy (non-hydrogen) atoms. The molecule has 1 amide bonds. The third-order valence-electron chi connectivity index (χ3n) is 5.01. The fraction of sp³-hybridized carbons (Fsp3) is 0.450. The Balaban J connectivity index is 2.38. The van der Waals surface area contributed by atoms with Crippen LogP contribution in [0.1, 0.15) is 37.0 Å². The number of methoxy groups -OCH3 is 1. The molecule has 0 bridgehead atoms. The molecule has 0 aliphatic carbocycles. The molecule has 0 unspecified atom stereocenters. The minimum atomic E-state index is -1.09. The molecule has 2 rings (SSSR count). The number of fused-ring (bicyclic) bond motifs is 1. The Morgan fingerprint density at radius 2 is 1.93 bits per heavy atom. The van der Waals surface area contributed by atoms with Gasteiger partial charge in [0, 0.05) is 10.9 Å². The van der Waals surface area contributed by atoms with Crippen molar-refractivity contribution in [1.29, 1.82) is 0 Å². The molecule has 2 atom stereocenters. The average molecular weight is 375 g/mol. The number of carboxylic acid groups (broad SMARTS) is 1. The molecule has 0 fully saturated rings. The van der Waals surface area contributed by atoms with E-state index >= 15 is 0 Å². The standard InChI is InChI=1S/C20H25NO6/c1-6-10(2)17(19(23)24)21-16(22)9-14-11(3)13-7-8-15(26-5)12(4)18(13)27-20(14)25/h7-8,10,17H,6,9H2,1-5H3,(H,21,22)(H,23,24)/t10-,17+/m1/s1. The molecule has 0 aliphatic rings. The minimum Gasteiger partial charge on any atom is -0.496 e. The van der Waals surface area contributed by atoms with Crippen LogP contribution in [0.5, 0.6) is 5.75 Å². The number of rotatable bonds is 7. The third kappa shape index (κ3) is 4.13. The SMILES string of the molecule is CC[C@@H](C)[C@H](NC(=O)Cc1c(C)c2ccc(OC)c(C)c2oc1=O)C(=O)O. The molecule has 0 saturated carbocycles. The lowest BCUT2D eigenvalue weighted by molar-refractivity contribution is -0.143. The van der Waals surface area contributed by atoms with Gasteiger partial charge in [0.1, 0.15) is 17.4 Å². The molecule has 1 heterocycles. The summed E-state index contributed by atoms with van der Waals surface area (Å²) in [4.78, 5) is 36.2. The number of ether oxygens (including phenoxy) is 1. The smallest absolute Gasteiger partial charge is 0.340 e. The molecule has 0 saturated heterocycles. The summed E-state index contributed by atoms with van der Waals surface area (Å²) in [6, 6.07) is 2.56. The number of nitrogens with one attached hydrogen (secondary N) is 1. The van der Waals surface area contributed by atoms with Crippen LogP contribution in [0, 0.1) is 19.8 Å². The highest BCUT2D eigenvalue weighted by molar-refractivity contribution is 5.89. The molecule has 1 aromatic heterocycles. The van der Waals surface area contributed by atoms with E-state index in [9.17, 15) is 19.5 Å². The molecule has 7 heteroatoms. The fourth-order valence-corrected chi connectivity index (χ4v) is 3.06. The Morgan fingerprint density at radius 3 is 2.48 bits per heavy atom. The number of amides is 1. The van der Waals surface area contributed by atoms with Crippen molar-refractivity contribution in [2.45, 2.75) is 46.6 Å². The second-order valence-corrected chi connectivity index (χ2v) is 6.71. The summed E-state index contributed by atoms with van der Waals surface area (Å²) in [6.45, 7) is 7.15. The quantitative estimate of drug-likeness (QED) is 0.721. The van der Waals surface area contributed by atoms with E-state index < -0.39 is 23.5 Å². The first-order valence-corrected chi connectivity index (χ1v) is 8.83. The highest BCUT2D eigenvalue weighted by atomic mass is 16.5. The molecule has 2 aromatic rings. The maximum atomic E-state index is 12.4. The Morgan fingerprint density at radius 1 is 1.26 bits per heavy atom. The number of hydrogen-bond donors (Lipinski definition) is 2. The van der Waals surface area contributed by atoms with Gasteiger partial charge in [-0.25, -0.2) is 9.59 Å². The van der Waals surface area contributed by atoms with Crippen LogP contribution in [-0.2, 0) is 16.0 Å². The highest BCUT2D eigenvalue weighted by Gasteiger charge is 2.26. The predicted molar refractivity (Wildman–Crippen MR) is 101 cm³/mol. The summed E-state index contributed by atoms with van der Waals surface area (Å²) in [5.74, 6) is -1.24. The van der Waals surface area contributed by atoms with E-state index in [-0.39, 0.29) is 17.9 Å².